The maximum absolute atomic E-state index is 5.04. The zero-order valence-electron chi connectivity index (χ0n) is 35.6. The molecule has 6 aromatic rings. The maximum Gasteiger partial charge on any atom is 0.164 e. The van der Waals surface area contributed by atoms with E-state index in [0.717, 1.165) is 55.5 Å². The average molecular weight is 760 g/mol. The van der Waals surface area contributed by atoms with E-state index in [1.165, 1.54) is 32.7 Å². The summed E-state index contributed by atoms with van der Waals surface area (Å²) in [7, 11) is 0. The van der Waals surface area contributed by atoms with Crippen LogP contribution in [0.25, 0.3) is 80.1 Å². The van der Waals surface area contributed by atoms with Gasteiger partial charge < -0.3 is 0 Å². The molecule has 0 N–H and O–H groups in total. The summed E-state index contributed by atoms with van der Waals surface area (Å²) in [5.74, 6) is 2.10. The number of hydrogen-bond acceptors (Lipinski definition) is 3. The van der Waals surface area contributed by atoms with E-state index in [1.54, 1.807) is 6.08 Å². The highest BCUT2D eigenvalue weighted by Gasteiger charge is 2.20. The average Bonchev–Trinajstić information content (AvgIpc) is 3.27. The van der Waals surface area contributed by atoms with Gasteiger partial charge in [-0.05, 0) is 111 Å². The first kappa shape index (κ1) is 42.7. The molecule has 1 heterocycles. The van der Waals surface area contributed by atoms with E-state index in [1.807, 2.05) is 75.4 Å². The van der Waals surface area contributed by atoms with Crippen LogP contribution in [-0.2, 0) is 0 Å². The smallest absolute Gasteiger partial charge is 0.164 e. The van der Waals surface area contributed by atoms with Crippen LogP contribution in [0, 0.1) is 0 Å². The molecule has 1 aromatic heterocycles. The summed E-state index contributed by atoms with van der Waals surface area (Å²) in [5.41, 5.74) is 9.85. The third kappa shape index (κ3) is 8.75. The molecular formula is C55H57N3. The van der Waals surface area contributed by atoms with Crippen LogP contribution < -0.4 is 20.9 Å². The van der Waals surface area contributed by atoms with Gasteiger partial charge in [-0.25, -0.2) is 15.0 Å². The van der Waals surface area contributed by atoms with Crippen LogP contribution in [0.4, 0.5) is 0 Å². The van der Waals surface area contributed by atoms with Gasteiger partial charge in [0, 0.05) is 16.7 Å². The molecule has 6 rings (SSSR count). The molecule has 0 saturated heterocycles. The van der Waals surface area contributed by atoms with E-state index < -0.39 is 0 Å². The van der Waals surface area contributed by atoms with Crippen LogP contribution >= 0.6 is 0 Å². The van der Waals surface area contributed by atoms with Crippen LogP contribution in [-0.4, -0.2) is 15.0 Å². The van der Waals surface area contributed by atoms with Gasteiger partial charge in [-0.3, -0.25) is 0 Å². The first-order chi connectivity index (χ1) is 28.3. The Hall–Kier alpha value is -6.45. The van der Waals surface area contributed by atoms with E-state index >= 15 is 0 Å². The molecule has 0 radical (unpaired) electrons. The fraction of sp³-hybridized carbons (Fsp3) is 0.182. The predicted molar refractivity (Wildman–Crippen MR) is 255 cm³/mol. The predicted octanol–water partition coefficient (Wildman–Crippen LogP) is 12.2. The number of benzene rings is 5. The highest BCUT2D eigenvalue weighted by atomic mass is 15.0. The summed E-state index contributed by atoms with van der Waals surface area (Å²) in [6, 6.07) is 34.0. The molecule has 1 unspecified atom stereocenters. The van der Waals surface area contributed by atoms with Crippen molar-refractivity contribution in [2.75, 3.05) is 0 Å². The summed E-state index contributed by atoms with van der Waals surface area (Å²) >= 11 is 0. The molecule has 0 aliphatic heterocycles. The minimum atomic E-state index is 0.301. The van der Waals surface area contributed by atoms with Gasteiger partial charge in [-0.15, -0.1) is 0 Å². The monoisotopic (exact) mass is 759 g/mol. The van der Waals surface area contributed by atoms with Crippen molar-refractivity contribution in [3.8, 4) is 33.9 Å². The molecule has 0 aliphatic rings. The van der Waals surface area contributed by atoms with Gasteiger partial charge in [0.05, 0.1) is 0 Å². The molecule has 0 saturated carbocycles. The lowest BCUT2D eigenvalue weighted by Crippen LogP contribution is -2.49. The van der Waals surface area contributed by atoms with E-state index in [4.69, 9.17) is 21.5 Å². The number of aromatic nitrogens is 3. The second-order valence-corrected chi connectivity index (χ2v) is 13.9. The van der Waals surface area contributed by atoms with Gasteiger partial charge in [0.2, 0.25) is 0 Å². The van der Waals surface area contributed by atoms with Crippen molar-refractivity contribution in [2.24, 2.45) is 0 Å². The van der Waals surface area contributed by atoms with Gasteiger partial charge in [-0.1, -0.05) is 187 Å². The Morgan fingerprint density at radius 3 is 1.97 bits per heavy atom. The second kappa shape index (κ2) is 20.1. The summed E-state index contributed by atoms with van der Waals surface area (Å²) in [5, 5.41) is 6.90. The van der Waals surface area contributed by atoms with E-state index in [-0.39, 0.29) is 0 Å². The van der Waals surface area contributed by atoms with E-state index in [0.29, 0.717) is 23.4 Å². The Bertz CT molecular complexity index is 2770. The van der Waals surface area contributed by atoms with Crippen molar-refractivity contribution in [2.45, 2.75) is 67.7 Å². The normalized spacial score (nSPS) is 13.7. The minimum Gasteiger partial charge on any atom is -0.208 e. The lowest BCUT2D eigenvalue weighted by Gasteiger charge is -2.21. The zero-order valence-corrected chi connectivity index (χ0v) is 35.6. The fourth-order valence-corrected chi connectivity index (χ4v) is 7.75. The first-order valence-electron chi connectivity index (χ1n) is 20.5. The molecule has 5 aromatic carbocycles. The highest BCUT2D eigenvalue weighted by molar-refractivity contribution is 6.03. The largest absolute Gasteiger partial charge is 0.208 e. The fourth-order valence-electron chi connectivity index (χ4n) is 7.75. The van der Waals surface area contributed by atoms with Crippen molar-refractivity contribution in [3.05, 3.63) is 185 Å². The summed E-state index contributed by atoms with van der Waals surface area (Å²) in [6.07, 6.45) is 17.1. The molecule has 1 atom stereocenters. The van der Waals surface area contributed by atoms with E-state index in [9.17, 15) is 0 Å². The second-order valence-electron chi connectivity index (χ2n) is 13.9. The number of rotatable bonds is 11. The van der Waals surface area contributed by atoms with Crippen LogP contribution in [0.1, 0.15) is 84.7 Å². The van der Waals surface area contributed by atoms with Gasteiger partial charge in [-0.2, -0.15) is 0 Å². The summed E-state index contributed by atoms with van der Waals surface area (Å²) < 4.78 is 0. The quantitative estimate of drug-likeness (QED) is 0.124. The number of fused-ring (bicyclic) bond motifs is 1. The number of allylic oxidation sites excluding steroid dienone is 8. The molecule has 0 spiro atoms. The third-order valence-electron chi connectivity index (χ3n) is 10.5. The van der Waals surface area contributed by atoms with Gasteiger partial charge in [0.1, 0.15) is 0 Å². The van der Waals surface area contributed by atoms with Gasteiger partial charge >= 0.3 is 0 Å². The molecule has 0 bridgehead atoms. The molecule has 292 valence electrons. The highest BCUT2D eigenvalue weighted by Crippen LogP contribution is 2.36. The molecule has 0 aliphatic carbocycles. The van der Waals surface area contributed by atoms with Crippen LogP contribution in [0.2, 0.25) is 0 Å². The van der Waals surface area contributed by atoms with Crippen molar-refractivity contribution in [3.63, 3.8) is 0 Å². The number of hydrogen-bond donors (Lipinski definition) is 0. The maximum atomic E-state index is 5.04. The SMILES string of the molecule is C=C/C=C(\C=C/C)c1nc(-c2ccccc2)nc(-c2cccc(C(=C/C)/C(C)=c3\c(=C)c(=C/C=C)/c(=C\C)c4ccc(-c5ccccc5)c(C(C)CC)c34)c2)n1.CC. The Morgan fingerprint density at radius 1 is 0.741 bits per heavy atom. The molecule has 3 nitrogen and oxygen atoms in total. The van der Waals surface area contributed by atoms with E-state index in [2.05, 4.69) is 133 Å². The van der Waals surface area contributed by atoms with Gasteiger partial charge in [0.15, 0.2) is 17.5 Å². The Kier molecular flexibility index (Phi) is 14.8. The molecule has 3 heteroatoms. The van der Waals surface area contributed by atoms with Crippen molar-refractivity contribution >= 4 is 46.2 Å². The molecular weight excluding hydrogens is 703 g/mol. The Balaban J connectivity index is 0.00000315. The topological polar surface area (TPSA) is 38.7 Å². The zero-order chi connectivity index (χ0) is 41.8. The van der Waals surface area contributed by atoms with Crippen LogP contribution in [0.5, 0.6) is 0 Å². The van der Waals surface area contributed by atoms with Gasteiger partial charge in [0.25, 0.3) is 0 Å². The lowest BCUT2D eigenvalue weighted by molar-refractivity contribution is 0.741. The molecule has 58 heavy (non-hydrogen) atoms. The van der Waals surface area contributed by atoms with Crippen molar-refractivity contribution < 1.29 is 0 Å². The Labute approximate surface area is 346 Å². The summed E-state index contributed by atoms with van der Waals surface area (Å²) in [6.45, 7) is 29.9. The van der Waals surface area contributed by atoms with Crippen LogP contribution in [0.3, 0.4) is 0 Å². The molecule has 0 amide bonds. The molecule has 0 fully saturated rings. The third-order valence-corrected chi connectivity index (χ3v) is 10.5. The number of nitrogens with zero attached hydrogens (tertiary/aromatic N) is 3. The van der Waals surface area contributed by atoms with Crippen molar-refractivity contribution in [1.29, 1.82) is 0 Å². The minimum absolute atomic E-state index is 0.301. The lowest BCUT2D eigenvalue weighted by atomic mass is 9.82. The first-order valence-corrected chi connectivity index (χ1v) is 20.5. The summed E-state index contributed by atoms with van der Waals surface area (Å²) in [4.78, 5) is 15.0. The van der Waals surface area contributed by atoms with Crippen LogP contribution in [0.15, 0.2) is 147 Å². The standard InChI is InChI=1S/C53H51N3.C2H6/c1-10-23-39(24-11-2)51-54-52(40-28-20-17-21-29-40)56-53(55-51)42-31-22-30-41(34-42)43(14-5)36(8)49-37(9)45(25-12-3)44(15-6)47-33-32-46(38-26-18-16-19-27-38)48(50(47)49)35(7)13-4;1-2/h10-12,14-35H,1,3,9,13H2,2,4-8H3;1-2H3/b24-11-,39-23+,43-14+,44-15+,45-25-,49-36+;. The Morgan fingerprint density at radius 2 is 1.38 bits per heavy atom. The van der Waals surface area contributed by atoms with Crippen molar-refractivity contribution in [1.82, 2.24) is 15.0 Å².